The number of aromatic nitrogens is 1. The van der Waals surface area contributed by atoms with E-state index in [1.54, 1.807) is 20.2 Å². The predicted octanol–water partition coefficient (Wildman–Crippen LogP) is 2.18. The number of ether oxygens (including phenoxy) is 1. The number of amides is 1. The van der Waals surface area contributed by atoms with E-state index in [9.17, 15) is 4.79 Å². The maximum absolute atomic E-state index is 12.2. The lowest BCUT2D eigenvalue weighted by Gasteiger charge is -2.21. The number of nitrogens with one attached hydrogen (secondary N) is 2. The Hall–Kier alpha value is -1.33. The van der Waals surface area contributed by atoms with Crippen molar-refractivity contribution in [2.24, 2.45) is 5.92 Å². The van der Waals surface area contributed by atoms with E-state index in [2.05, 4.69) is 15.6 Å². The molecule has 19 heavy (non-hydrogen) atoms. The lowest BCUT2D eigenvalue weighted by Crippen LogP contribution is -2.41. The Bertz CT molecular complexity index is 438. The Kier molecular flexibility index (Phi) is 6.05. The van der Waals surface area contributed by atoms with E-state index in [0.29, 0.717) is 23.0 Å². The average Bonchev–Trinajstić information content (AvgIpc) is 2.38. The summed E-state index contributed by atoms with van der Waals surface area (Å²) in [6, 6.07) is 1.57. The average molecular weight is 286 g/mol. The fraction of sp³-hybridized carbons (Fsp3) is 0.538. The number of methoxy groups -OCH3 is 1. The summed E-state index contributed by atoms with van der Waals surface area (Å²) in [6.45, 7) is 4.51. The molecule has 6 heteroatoms. The lowest BCUT2D eigenvalue weighted by molar-refractivity contribution is 0.0866. The molecule has 1 amide bonds. The molecule has 0 saturated heterocycles. The molecule has 0 aliphatic heterocycles. The summed E-state index contributed by atoms with van der Waals surface area (Å²) in [6.07, 6.45) is 1.46. The number of anilines is 1. The first-order chi connectivity index (χ1) is 8.99. The monoisotopic (exact) mass is 285 g/mol. The van der Waals surface area contributed by atoms with Gasteiger partial charge in [0.2, 0.25) is 0 Å². The summed E-state index contributed by atoms with van der Waals surface area (Å²) < 4.78 is 5.10. The molecule has 106 valence electrons. The first-order valence-corrected chi connectivity index (χ1v) is 6.50. The van der Waals surface area contributed by atoms with E-state index in [1.165, 1.54) is 6.20 Å². The van der Waals surface area contributed by atoms with Gasteiger partial charge in [0.25, 0.3) is 5.91 Å². The fourth-order valence-electron chi connectivity index (χ4n) is 1.58. The normalized spacial score (nSPS) is 12.3. The second kappa shape index (κ2) is 7.31. The molecule has 1 heterocycles. The molecule has 0 fully saturated rings. The molecule has 1 unspecified atom stereocenters. The third kappa shape index (κ3) is 4.36. The van der Waals surface area contributed by atoms with Gasteiger partial charge in [0, 0.05) is 20.4 Å². The minimum absolute atomic E-state index is 0.0558. The summed E-state index contributed by atoms with van der Waals surface area (Å²) in [4.78, 5) is 16.3. The van der Waals surface area contributed by atoms with E-state index in [-0.39, 0.29) is 17.9 Å². The number of carbonyl (C=O) groups excluding carboxylic acids is 1. The van der Waals surface area contributed by atoms with Crippen molar-refractivity contribution in [1.82, 2.24) is 10.3 Å². The van der Waals surface area contributed by atoms with Crippen LogP contribution in [0.25, 0.3) is 0 Å². The van der Waals surface area contributed by atoms with Crippen LogP contribution < -0.4 is 10.6 Å². The Morgan fingerprint density at radius 1 is 1.53 bits per heavy atom. The molecular weight excluding hydrogens is 266 g/mol. The van der Waals surface area contributed by atoms with Gasteiger partial charge in [0.1, 0.15) is 5.82 Å². The second-order valence-corrected chi connectivity index (χ2v) is 4.99. The molecule has 1 rings (SSSR count). The van der Waals surface area contributed by atoms with Gasteiger partial charge in [-0.1, -0.05) is 25.4 Å². The quantitative estimate of drug-likeness (QED) is 0.841. The number of pyridine rings is 1. The van der Waals surface area contributed by atoms with Crippen LogP contribution in [0, 0.1) is 5.92 Å². The van der Waals surface area contributed by atoms with E-state index in [0.717, 1.165) is 0 Å². The van der Waals surface area contributed by atoms with Crippen molar-refractivity contribution < 1.29 is 9.53 Å². The molecule has 1 aromatic heterocycles. The summed E-state index contributed by atoms with van der Waals surface area (Å²) >= 11 is 6.01. The predicted molar refractivity (Wildman–Crippen MR) is 76.8 cm³/mol. The molecule has 5 nitrogen and oxygen atoms in total. The maximum atomic E-state index is 12.2. The van der Waals surface area contributed by atoms with Gasteiger partial charge in [-0.2, -0.15) is 0 Å². The van der Waals surface area contributed by atoms with Gasteiger partial charge in [0.15, 0.2) is 0 Å². The van der Waals surface area contributed by atoms with Crippen LogP contribution in [0.4, 0.5) is 5.82 Å². The van der Waals surface area contributed by atoms with Crippen molar-refractivity contribution in [1.29, 1.82) is 0 Å². The fourth-order valence-corrected chi connectivity index (χ4v) is 1.77. The highest BCUT2D eigenvalue weighted by Gasteiger charge is 2.19. The third-order valence-corrected chi connectivity index (χ3v) is 3.12. The zero-order valence-electron chi connectivity index (χ0n) is 11.7. The van der Waals surface area contributed by atoms with Crippen LogP contribution >= 0.6 is 11.6 Å². The molecule has 0 spiro atoms. The topological polar surface area (TPSA) is 63.2 Å². The van der Waals surface area contributed by atoms with Crippen molar-refractivity contribution in [3.63, 3.8) is 0 Å². The smallest absolute Gasteiger partial charge is 0.253 e. The van der Waals surface area contributed by atoms with Crippen LogP contribution in [0.1, 0.15) is 24.2 Å². The number of halogens is 1. The van der Waals surface area contributed by atoms with Gasteiger partial charge in [-0.25, -0.2) is 4.98 Å². The highest BCUT2D eigenvalue weighted by Crippen LogP contribution is 2.18. The summed E-state index contributed by atoms with van der Waals surface area (Å²) in [5.74, 6) is 0.648. The zero-order chi connectivity index (χ0) is 14.4. The molecule has 2 N–H and O–H groups in total. The van der Waals surface area contributed by atoms with Gasteiger partial charge in [-0.3, -0.25) is 4.79 Å². The van der Waals surface area contributed by atoms with E-state index < -0.39 is 0 Å². The minimum Gasteiger partial charge on any atom is -0.383 e. The number of nitrogens with zero attached hydrogens (tertiary/aromatic N) is 1. The molecule has 0 aliphatic rings. The largest absolute Gasteiger partial charge is 0.383 e. The van der Waals surface area contributed by atoms with Gasteiger partial charge >= 0.3 is 0 Å². The van der Waals surface area contributed by atoms with Crippen molar-refractivity contribution in [3.8, 4) is 0 Å². The number of hydrogen-bond acceptors (Lipinski definition) is 4. The molecular formula is C13H20ClN3O2. The SMILES string of the molecule is CNc1cc(C(=O)NC(COC)C(C)C)c(Cl)cn1. The molecule has 0 bridgehead atoms. The van der Waals surface area contributed by atoms with Crippen LogP contribution in [0.2, 0.25) is 5.02 Å². The Balaban J connectivity index is 2.87. The van der Waals surface area contributed by atoms with Crippen LogP contribution in [-0.2, 0) is 4.74 Å². The van der Waals surface area contributed by atoms with E-state index in [1.807, 2.05) is 13.8 Å². The van der Waals surface area contributed by atoms with Gasteiger partial charge in [0.05, 0.1) is 23.2 Å². The molecule has 1 atom stereocenters. The van der Waals surface area contributed by atoms with E-state index >= 15 is 0 Å². The van der Waals surface area contributed by atoms with Crippen molar-refractivity contribution in [3.05, 3.63) is 22.8 Å². The molecule has 0 radical (unpaired) electrons. The van der Waals surface area contributed by atoms with Gasteiger partial charge in [-0.15, -0.1) is 0 Å². The second-order valence-electron chi connectivity index (χ2n) is 4.58. The Morgan fingerprint density at radius 3 is 2.74 bits per heavy atom. The van der Waals surface area contributed by atoms with Gasteiger partial charge < -0.3 is 15.4 Å². The number of rotatable bonds is 6. The number of carbonyl (C=O) groups is 1. The van der Waals surface area contributed by atoms with Crippen molar-refractivity contribution >= 4 is 23.3 Å². The highest BCUT2D eigenvalue weighted by atomic mass is 35.5. The first kappa shape index (κ1) is 15.7. The molecule has 0 saturated carbocycles. The molecule has 1 aromatic rings. The van der Waals surface area contributed by atoms with Crippen LogP contribution in [0.3, 0.4) is 0 Å². The minimum atomic E-state index is -0.223. The van der Waals surface area contributed by atoms with Crippen LogP contribution in [-0.4, -0.2) is 37.7 Å². The summed E-state index contributed by atoms with van der Waals surface area (Å²) in [7, 11) is 3.35. The first-order valence-electron chi connectivity index (χ1n) is 6.12. The van der Waals surface area contributed by atoms with Crippen LogP contribution in [0.15, 0.2) is 12.3 Å². The van der Waals surface area contributed by atoms with Crippen molar-refractivity contribution in [2.75, 3.05) is 26.1 Å². The summed E-state index contributed by atoms with van der Waals surface area (Å²) in [5, 5.41) is 6.13. The van der Waals surface area contributed by atoms with Crippen LogP contribution in [0.5, 0.6) is 0 Å². The molecule has 0 aromatic carbocycles. The van der Waals surface area contributed by atoms with Crippen molar-refractivity contribution in [2.45, 2.75) is 19.9 Å². The molecule has 0 aliphatic carbocycles. The lowest BCUT2D eigenvalue weighted by atomic mass is 10.0. The standard InChI is InChI=1S/C13H20ClN3O2/c1-8(2)11(7-19-4)17-13(18)9-5-12(15-3)16-6-10(9)14/h5-6,8,11H,7H2,1-4H3,(H,15,16)(H,17,18). The zero-order valence-corrected chi connectivity index (χ0v) is 12.4. The number of hydrogen-bond donors (Lipinski definition) is 2. The van der Waals surface area contributed by atoms with E-state index in [4.69, 9.17) is 16.3 Å². The third-order valence-electron chi connectivity index (χ3n) is 2.82. The Morgan fingerprint density at radius 2 is 2.21 bits per heavy atom. The Labute approximate surface area is 118 Å². The maximum Gasteiger partial charge on any atom is 0.253 e. The summed E-state index contributed by atoms with van der Waals surface area (Å²) in [5.41, 5.74) is 0.405. The van der Waals surface area contributed by atoms with Gasteiger partial charge in [-0.05, 0) is 12.0 Å². The highest BCUT2D eigenvalue weighted by molar-refractivity contribution is 6.33.